The largest absolute Gasteiger partial charge is 0.434 e. The summed E-state index contributed by atoms with van der Waals surface area (Å²) in [4.78, 5) is 6.00. The Bertz CT molecular complexity index is 594. The molecule has 7 heteroatoms. The summed E-state index contributed by atoms with van der Waals surface area (Å²) in [6.45, 7) is 0. The van der Waals surface area contributed by atoms with Crippen molar-refractivity contribution in [2.75, 3.05) is 0 Å². The highest BCUT2D eigenvalue weighted by atomic mass is 35.5. The number of aromatic nitrogens is 2. The first-order valence-corrected chi connectivity index (χ1v) is 4.47. The predicted molar refractivity (Wildman–Crippen MR) is 50.8 cm³/mol. The third-order valence-corrected chi connectivity index (χ3v) is 2.39. The second-order valence-corrected chi connectivity index (χ2v) is 3.37. The molecule has 0 fully saturated rings. The number of nitrogens with zero attached hydrogens (tertiary/aromatic N) is 2. The molecule has 82 valence electrons. The number of rotatable bonds is 0. The van der Waals surface area contributed by atoms with Crippen LogP contribution < -0.4 is 0 Å². The number of alkyl halides is 3. The fraction of sp³-hybridized carbons (Fsp3) is 0.111. The van der Waals surface area contributed by atoms with Gasteiger partial charge in [0.05, 0.1) is 16.1 Å². The topological polar surface area (TPSA) is 52.5 Å². The van der Waals surface area contributed by atoms with Gasteiger partial charge in [0.1, 0.15) is 11.6 Å². The summed E-state index contributed by atoms with van der Waals surface area (Å²) in [7, 11) is 0. The molecule has 2 rings (SSSR count). The van der Waals surface area contributed by atoms with Crippen LogP contribution in [0.3, 0.4) is 0 Å². The molecule has 2 heterocycles. The van der Waals surface area contributed by atoms with Gasteiger partial charge >= 0.3 is 6.18 Å². The van der Waals surface area contributed by atoms with Crippen LogP contribution in [0.15, 0.2) is 12.3 Å². The van der Waals surface area contributed by atoms with Gasteiger partial charge in [-0.15, -0.1) is 0 Å². The molecule has 0 aliphatic carbocycles. The molecule has 0 aliphatic heterocycles. The molecule has 0 spiro atoms. The maximum Gasteiger partial charge on any atom is 0.434 e. The molecule has 0 saturated carbocycles. The van der Waals surface area contributed by atoms with Gasteiger partial charge in [-0.05, 0) is 6.07 Å². The van der Waals surface area contributed by atoms with Crippen molar-refractivity contribution in [3.8, 4) is 6.07 Å². The van der Waals surface area contributed by atoms with E-state index in [0.29, 0.717) is 0 Å². The van der Waals surface area contributed by atoms with E-state index >= 15 is 0 Å². The summed E-state index contributed by atoms with van der Waals surface area (Å²) in [5.74, 6) is 0. The van der Waals surface area contributed by atoms with Crippen LogP contribution in [0.1, 0.15) is 11.3 Å². The first kappa shape index (κ1) is 10.8. The minimum Gasteiger partial charge on any atom is -0.359 e. The molecule has 0 radical (unpaired) electrons. The quantitative estimate of drug-likeness (QED) is 0.775. The van der Waals surface area contributed by atoms with Crippen LogP contribution in [0.5, 0.6) is 0 Å². The summed E-state index contributed by atoms with van der Waals surface area (Å²) >= 11 is 5.70. The maximum atomic E-state index is 12.6. The highest BCUT2D eigenvalue weighted by Crippen LogP contribution is 2.36. The molecule has 0 aliphatic rings. The second kappa shape index (κ2) is 3.39. The lowest BCUT2D eigenvalue weighted by atomic mass is 10.2. The molecule has 0 amide bonds. The van der Waals surface area contributed by atoms with Crippen LogP contribution in [0.25, 0.3) is 11.0 Å². The first-order chi connectivity index (χ1) is 7.45. The number of aromatic amines is 1. The van der Waals surface area contributed by atoms with Gasteiger partial charge in [-0.25, -0.2) is 4.98 Å². The highest BCUT2D eigenvalue weighted by molar-refractivity contribution is 6.36. The van der Waals surface area contributed by atoms with Gasteiger partial charge in [0.15, 0.2) is 5.69 Å². The van der Waals surface area contributed by atoms with Gasteiger partial charge in [-0.1, -0.05) is 11.6 Å². The minimum absolute atomic E-state index is 0.0799. The van der Waals surface area contributed by atoms with Crippen LogP contribution in [0, 0.1) is 11.3 Å². The molecular formula is C9H3ClF3N3. The van der Waals surface area contributed by atoms with Crippen LogP contribution in [0.2, 0.25) is 5.02 Å². The Morgan fingerprint density at radius 3 is 2.69 bits per heavy atom. The van der Waals surface area contributed by atoms with Crippen molar-refractivity contribution in [3.05, 3.63) is 28.5 Å². The fourth-order valence-corrected chi connectivity index (χ4v) is 1.63. The lowest BCUT2D eigenvalue weighted by Crippen LogP contribution is -2.11. The molecule has 16 heavy (non-hydrogen) atoms. The Morgan fingerprint density at radius 2 is 2.12 bits per heavy atom. The lowest BCUT2D eigenvalue weighted by Gasteiger charge is -2.09. The fourth-order valence-electron chi connectivity index (χ4n) is 1.34. The smallest absolute Gasteiger partial charge is 0.359 e. The van der Waals surface area contributed by atoms with E-state index in [9.17, 15) is 13.2 Å². The minimum atomic E-state index is -4.69. The zero-order valence-corrected chi connectivity index (χ0v) is 8.32. The summed E-state index contributed by atoms with van der Waals surface area (Å²) in [5.41, 5.74) is -1.61. The lowest BCUT2D eigenvalue weighted by molar-refractivity contribution is -0.141. The van der Waals surface area contributed by atoms with E-state index in [1.807, 2.05) is 0 Å². The number of hydrogen-bond donors (Lipinski definition) is 1. The summed E-state index contributed by atoms with van der Waals surface area (Å²) in [6, 6.07) is 2.78. The van der Waals surface area contributed by atoms with Crippen molar-refractivity contribution in [3.63, 3.8) is 0 Å². The number of hydrogen-bond acceptors (Lipinski definition) is 2. The zero-order chi connectivity index (χ0) is 11.9. The highest BCUT2D eigenvalue weighted by Gasteiger charge is 2.37. The van der Waals surface area contributed by atoms with Crippen molar-refractivity contribution in [1.82, 2.24) is 9.97 Å². The number of pyridine rings is 1. The third-order valence-electron chi connectivity index (χ3n) is 2.01. The summed E-state index contributed by atoms with van der Waals surface area (Å²) in [5, 5.41) is 8.41. The monoisotopic (exact) mass is 245 g/mol. The first-order valence-electron chi connectivity index (χ1n) is 4.09. The van der Waals surface area contributed by atoms with Gasteiger partial charge in [-0.3, -0.25) is 0 Å². The van der Waals surface area contributed by atoms with Crippen molar-refractivity contribution < 1.29 is 13.2 Å². The number of fused-ring (bicyclic) bond motifs is 1. The van der Waals surface area contributed by atoms with Crippen LogP contribution in [-0.2, 0) is 6.18 Å². The normalized spacial score (nSPS) is 11.7. The Hall–Kier alpha value is -1.74. The number of H-pyrrole nitrogens is 1. The summed E-state index contributed by atoms with van der Waals surface area (Å²) in [6.07, 6.45) is -3.29. The van der Waals surface area contributed by atoms with E-state index in [4.69, 9.17) is 16.9 Å². The van der Waals surface area contributed by atoms with Crippen molar-refractivity contribution in [2.24, 2.45) is 0 Å². The average Bonchev–Trinajstić information content (AvgIpc) is 2.64. The Balaban J connectivity index is 2.89. The number of halogens is 4. The molecule has 2 aromatic rings. The molecule has 0 unspecified atom stereocenters. The molecule has 3 nitrogen and oxygen atoms in total. The van der Waals surface area contributed by atoms with Gasteiger partial charge in [0.2, 0.25) is 0 Å². The van der Waals surface area contributed by atoms with Gasteiger partial charge in [0, 0.05) is 6.20 Å². The van der Waals surface area contributed by atoms with E-state index in [1.54, 1.807) is 0 Å². The number of nitriles is 1. The Morgan fingerprint density at radius 1 is 1.44 bits per heavy atom. The average molecular weight is 246 g/mol. The van der Waals surface area contributed by atoms with Crippen LogP contribution >= 0.6 is 11.6 Å². The molecule has 2 aromatic heterocycles. The molecule has 0 saturated heterocycles. The maximum absolute atomic E-state index is 12.6. The van der Waals surface area contributed by atoms with Crippen molar-refractivity contribution >= 4 is 22.6 Å². The van der Waals surface area contributed by atoms with E-state index in [0.717, 1.165) is 0 Å². The molecular weight excluding hydrogens is 243 g/mol. The number of nitrogens with one attached hydrogen (secondary N) is 1. The SMILES string of the molecule is N#Cc1c(C(F)(F)F)nc2cc[nH]c2c1Cl. The van der Waals surface area contributed by atoms with E-state index in [2.05, 4.69) is 9.97 Å². The van der Waals surface area contributed by atoms with Crippen molar-refractivity contribution in [2.45, 2.75) is 6.18 Å². The van der Waals surface area contributed by atoms with Crippen LogP contribution in [0.4, 0.5) is 13.2 Å². The predicted octanol–water partition coefficient (Wildman–Crippen LogP) is 3.11. The van der Waals surface area contributed by atoms with Gasteiger partial charge < -0.3 is 4.98 Å². The van der Waals surface area contributed by atoms with Crippen LogP contribution in [-0.4, -0.2) is 9.97 Å². The van der Waals surface area contributed by atoms with E-state index in [1.165, 1.54) is 18.3 Å². The molecule has 0 atom stereocenters. The Kier molecular flexibility index (Phi) is 2.28. The van der Waals surface area contributed by atoms with E-state index < -0.39 is 17.4 Å². The molecule has 1 N–H and O–H groups in total. The van der Waals surface area contributed by atoms with Gasteiger partial charge in [-0.2, -0.15) is 18.4 Å². The second-order valence-electron chi connectivity index (χ2n) is 3.00. The third kappa shape index (κ3) is 1.49. The Labute approximate surface area is 92.5 Å². The molecule has 0 bridgehead atoms. The molecule has 0 aromatic carbocycles. The van der Waals surface area contributed by atoms with E-state index in [-0.39, 0.29) is 16.1 Å². The standard InChI is InChI=1S/C9H3ClF3N3/c10-6-4(3-14)8(9(11,12)13)16-5-1-2-15-7(5)6/h1-2,15H. The zero-order valence-electron chi connectivity index (χ0n) is 7.56. The van der Waals surface area contributed by atoms with Crippen molar-refractivity contribution in [1.29, 1.82) is 5.26 Å². The van der Waals surface area contributed by atoms with Gasteiger partial charge in [0.25, 0.3) is 0 Å². The summed E-state index contributed by atoms with van der Waals surface area (Å²) < 4.78 is 37.7.